The first-order valence-electron chi connectivity index (χ1n) is 8.40. The lowest BCUT2D eigenvalue weighted by Crippen LogP contribution is -2.31. The van der Waals surface area contributed by atoms with Crippen LogP contribution in [-0.2, 0) is 11.3 Å². The normalized spacial score (nSPS) is 14.9. The third kappa shape index (κ3) is 4.29. The molecule has 1 N–H and O–H groups in total. The molecule has 3 aromatic rings. The number of carbonyl (C=O) groups excluding carboxylic acids is 1. The Morgan fingerprint density at radius 2 is 2.15 bits per heavy atom. The van der Waals surface area contributed by atoms with Gasteiger partial charge in [0, 0.05) is 0 Å². The van der Waals surface area contributed by atoms with Gasteiger partial charge in [-0.25, -0.2) is 9.67 Å². The summed E-state index contributed by atoms with van der Waals surface area (Å²) in [4.78, 5) is 16.2. The molecule has 8 nitrogen and oxygen atoms in total. The molecule has 1 fully saturated rings. The predicted molar refractivity (Wildman–Crippen MR) is 94.2 cm³/mol. The Morgan fingerprint density at radius 3 is 2.88 bits per heavy atom. The van der Waals surface area contributed by atoms with Gasteiger partial charge < -0.3 is 9.73 Å². The van der Waals surface area contributed by atoms with Gasteiger partial charge in [-0.2, -0.15) is 5.10 Å². The highest BCUT2D eigenvalue weighted by Crippen LogP contribution is 2.41. The first kappa shape index (κ1) is 16.8. The van der Waals surface area contributed by atoms with Crippen molar-refractivity contribution < 1.29 is 9.21 Å². The van der Waals surface area contributed by atoms with E-state index in [1.54, 1.807) is 11.0 Å². The molecule has 1 aromatic carbocycles. The smallest absolute Gasteiger partial charge is 0.277 e. The molecule has 1 unspecified atom stereocenters. The summed E-state index contributed by atoms with van der Waals surface area (Å²) in [5, 5.41) is 15.4. The van der Waals surface area contributed by atoms with Crippen molar-refractivity contribution in [2.24, 2.45) is 5.92 Å². The van der Waals surface area contributed by atoms with E-state index in [-0.39, 0.29) is 17.7 Å². The molecule has 0 saturated heterocycles. The standard InChI is InChI=1S/C17H18N6O2S/c24-14(20-16(13-6-7-13)12-4-2-1-3-5-12)9-26-17-22-21-15(25-17)8-23-11-18-10-19-23/h1-5,10-11,13,16H,6-9H2,(H,20,24). The first-order valence-corrected chi connectivity index (χ1v) is 9.38. The van der Waals surface area contributed by atoms with Gasteiger partial charge in [-0.15, -0.1) is 10.2 Å². The molecule has 0 radical (unpaired) electrons. The van der Waals surface area contributed by atoms with Crippen LogP contribution < -0.4 is 5.32 Å². The molecule has 1 amide bonds. The maximum Gasteiger partial charge on any atom is 0.277 e. The van der Waals surface area contributed by atoms with Crippen LogP contribution in [-0.4, -0.2) is 36.6 Å². The Kier molecular flexibility index (Phi) is 4.96. The Hall–Kier alpha value is -2.68. The molecular weight excluding hydrogens is 352 g/mol. The summed E-state index contributed by atoms with van der Waals surface area (Å²) >= 11 is 1.23. The minimum Gasteiger partial charge on any atom is -0.414 e. The van der Waals surface area contributed by atoms with Crippen LogP contribution in [0, 0.1) is 5.92 Å². The second kappa shape index (κ2) is 7.69. The van der Waals surface area contributed by atoms with Crippen molar-refractivity contribution in [2.75, 3.05) is 5.75 Å². The molecule has 2 aromatic heterocycles. The van der Waals surface area contributed by atoms with E-state index in [1.165, 1.54) is 18.1 Å². The van der Waals surface area contributed by atoms with E-state index in [4.69, 9.17) is 4.42 Å². The third-order valence-corrected chi connectivity index (χ3v) is 4.93. The molecule has 1 atom stereocenters. The fourth-order valence-electron chi connectivity index (χ4n) is 2.72. The molecule has 1 saturated carbocycles. The summed E-state index contributed by atoms with van der Waals surface area (Å²) < 4.78 is 7.12. The van der Waals surface area contributed by atoms with Crippen LogP contribution in [0.5, 0.6) is 0 Å². The molecule has 2 heterocycles. The van der Waals surface area contributed by atoms with Gasteiger partial charge in [0.05, 0.1) is 11.8 Å². The van der Waals surface area contributed by atoms with Crippen LogP contribution in [0.25, 0.3) is 0 Å². The monoisotopic (exact) mass is 370 g/mol. The van der Waals surface area contributed by atoms with E-state index in [9.17, 15) is 4.79 Å². The van der Waals surface area contributed by atoms with Crippen molar-refractivity contribution in [3.63, 3.8) is 0 Å². The molecule has 134 valence electrons. The summed E-state index contributed by atoms with van der Waals surface area (Å²) in [6.45, 7) is 0.359. The zero-order chi connectivity index (χ0) is 17.8. The highest BCUT2D eigenvalue weighted by Gasteiger charge is 2.33. The summed E-state index contributed by atoms with van der Waals surface area (Å²) in [5.74, 6) is 1.16. The lowest BCUT2D eigenvalue weighted by Gasteiger charge is -2.18. The topological polar surface area (TPSA) is 98.7 Å². The van der Waals surface area contributed by atoms with Gasteiger partial charge in [0.2, 0.25) is 11.8 Å². The molecule has 26 heavy (non-hydrogen) atoms. The first-order chi connectivity index (χ1) is 12.8. The van der Waals surface area contributed by atoms with Crippen LogP contribution in [0.4, 0.5) is 0 Å². The van der Waals surface area contributed by atoms with E-state index in [1.807, 2.05) is 18.2 Å². The summed E-state index contributed by atoms with van der Waals surface area (Å²) in [6, 6.07) is 10.2. The molecule has 0 aliphatic heterocycles. The van der Waals surface area contributed by atoms with Gasteiger partial charge in [0.25, 0.3) is 5.22 Å². The maximum absolute atomic E-state index is 12.4. The molecule has 1 aliphatic rings. The lowest BCUT2D eigenvalue weighted by molar-refractivity contribution is -0.119. The number of thioether (sulfide) groups is 1. The maximum atomic E-state index is 12.4. The number of benzene rings is 1. The average molecular weight is 370 g/mol. The third-order valence-electron chi connectivity index (χ3n) is 4.11. The minimum atomic E-state index is -0.0354. The second-order valence-corrected chi connectivity index (χ2v) is 7.06. The van der Waals surface area contributed by atoms with Crippen molar-refractivity contribution in [3.8, 4) is 0 Å². The largest absolute Gasteiger partial charge is 0.414 e. The van der Waals surface area contributed by atoms with Gasteiger partial charge >= 0.3 is 0 Å². The number of carbonyl (C=O) groups is 1. The number of nitrogens with one attached hydrogen (secondary N) is 1. The number of nitrogens with zero attached hydrogens (tertiary/aromatic N) is 5. The van der Waals surface area contributed by atoms with Gasteiger partial charge in [0.1, 0.15) is 19.2 Å². The van der Waals surface area contributed by atoms with Crippen molar-refractivity contribution in [1.82, 2.24) is 30.3 Å². The number of rotatable bonds is 8. The fourth-order valence-corrected chi connectivity index (χ4v) is 3.31. The zero-order valence-electron chi connectivity index (χ0n) is 14.0. The van der Waals surface area contributed by atoms with Crippen LogP contribution in [0.3, 0.4) is 0 Å². The molecule has 0 bridgehead atoms. The number of amides is 1. The molecule has 4 rings (SSSR count). The molecule has 1 aliphatic carbocycles. The van der Waals surface area contributed by atoms with E-state index >= 15 is 0 Å². The van der Waals surface area contributed by atoms with E-state index in [2.05, 4.69) is 37.7 Å². The van der Waals surface area contributed by atoms with E-state index in [0.29, 0.717) is 23.6 Å². The Labute approximate surface area is 154 Å². The van der Waals surface area contributed by atoms with E-state index < -0.39 is 0 Å². The van der Waals surface area contributed by atoms with Crippen LogP contribution >= 0.6 is 11.8 Å². The highest BCUT2D eigenvalue weighted by atomic mass is 32.2. The van der Waals surface area contributed by atoms with Gasteiger partial charge in [-0.05, 0) is 24.3 Å². The van der Waals surface area contributed by atoms with Gasteiger partial charge in [-0.1, -0.05) is 42.1 Å². The molecule has 0 spiro atoms. The summed E-state index contributed by atoms with van der Waals surface area (Å²) in [6.07, 6.45) is 5.33. The van der Waals surface area contributed by atoms with Gasteiger partial charge in [0.15, 0.2) is 0 Å². The highest BCUT2D eigenvalue weighted by molar-refractivity contribution is 7.99. The molecular formula is C17H18N6O2S. The Balaban J connectivity index is 1.30. The van der Waals surface area contributed by atoms with E-state index in [0.717, 1.165) is 18.4 Å². The predicted octanol–water partition coefficient (Wildman–Crippen LogP) is 2.07. The van der Waals surface area contributed by atoms with Crippen LogP contribution in [0.2, 0.25) is 0 Å². The van der Waals surface area contributed by atoms with Crippen molar-refractivity contribution in [2.45, 2.75) is 30.7 Å². The van der Waals surface area contributed by atoms with Gasteiger partial charge in [-0.3, -0.25) is 4.79 Å². The Bertz CT molecular complexity index is 847. The lowest BCUT2D eigenvalue weighted by atomic mass is 10.0. The van der Waals surface area contributed by atoms with Crippen LogP contribution in [0.15, 0.2) is 52.6 Å². The fraction of sp³-hybridized carbons (Fsp3) is 0.353. The summed E-state index contributed by atoms with van der Waals surface area (Å²) in [7, 11) is 0. The second-order valence-electron chi connectivity index (χ2n) is 6.14. The van der Waals surface area contributed by atoms with Crippen molar-refractivity contribution in [3.05, 3.63) is 54.4 Å². The van der Waals surface area contributed by atoms with Crippen LogP contribution in [0.1, 0.15) is 30.3 Å². The number of hydrogen-bond acceptors (Lipinski definition) is 7. The minimum absolute atomic E-state index is 0.0354. The van der Waals surface area contributed by atoms with Crippen molar-refractivity contribution in [1.29, 1.82) is 0 Å². The summed E-state index contributed by atoms with van der Waals surface area (Å²) in [5.41, 5.74) is 1.15. The number of hydrogen-bond donors (Lipinski definition) is 1. The average Bonchev–Trinajstić information content (AvgIpc) is 3.19. The molecule has 9 heteroatoms. The quantitative estimate of drug-likeness (QED) is 0.606. The number of aromatic nitrogens is 5. The SMILES string of the molecule is O=C(CSc1nnc(Cn2cncn2)o1)NC(c1ccccc1)C1CC1. The Morgan fingerprint density at radius 1 is 1.31 bits per heavy atom. The van der Waals surface area contributed by atoms with Crippen molar-refractivity contribution >= 4 is 17.7 Å². The zero-order valence-corrected chi connectivity index (χ0v) is 14.8.